The van der Waals surface area contributed by atoms with Gasteiger partial charge in [0, 0.05) is 59.1 Å². The SMILES string of the molecule is CCNC(=NCCN(CC1CC1)C1CC1)N1CCC(OCCCOC)CC1. The van der Waals surface area contributed by atoms with Gasteiger partial charge in [0.05, 0.1) is 12.6 Å². The van der Waals surface area contributed by atoms with Crippen molar-refractivity contribution in [2.24, 2.45) is 10.9 Å². The van der Waals surface area contributed by atoms with Crippen molar-refractivity contribution in [2.75, 3.05) is 59.6 Å². The Hall–Kier alpha value is -0.850. The number of hydrogen-bond donors (Lipinski definition) is 1. The van der Waals surface area contributed by atoms with Gasteiger partial charge in [-0.3, -0.25) is 9.89 Å². The number of rotatable bonds is 12. The van der Waals surface area contributed by atoms with Crippen molar-refractivity contribution in [3.63, 3.8) is 0 Å². The first kappa shape index (κ1) is 20.9. The van der Waals surface area contributed by atoms with Crippen molar-refractivity contribution in [1.82, 2.24) is 15.1 Å². The quantitative estimate of drug-likeness (QED) is 0.320. The van der Waals surface area contributed by atoms with E-state index < -0.39 is 0 Å². The second-order valence-electron chi connectivity index (χ2n) is 8.31. The highest BCUT2D eigenvalue weighted by Gasteiger charge is 2.33. The Labute approximate surface area is 165 Å². The lowest BCUT2D eigenvalue weighted by Gasteiger charge is -2.34. The molecule has 0 bridgehead atoms. The lowest BCUT2D eigenvalue weighted by atomic mass is 10.1. The summed E-state index contributed by atoms with van der Waals surface area (Å²) >= 11 is 0. The lowest BCUT2D eigenvalue weighted by molar-refractivity contribution is 0.00990. The highest BCUT2D eigenvalue weighted by Crippen LogP contribution is 2.34. The van der Waals surface area contributed by atoms with Gasteiger partial charge in [-0.15, -0.1) is 0 Å². The molecule has 0 unspecified atom stereocenters. The summed E-state index contributed by atoms with van der Waals surface area (Å²) in [5.41, 5.74) is 0. The molecule has 0 radical (unpaired) electrons. The summed E-state index contributed by atoms with van der Waals surface area (Å²) in [5, 5.41) is 3.50. The van der Waals surface area contributed by atoms with Gasteiger partial charge in [0.2, 0.25) is 0 Å². The third kappa shape index (κ3) is 7.59. The summed E-state index contributed by atoms with van der Waals surface area (Å²) < 4.78 is 11.1. The van der Waals surface area contributed by atoms with Crippen LogP contribution in [0.5, 0.6) is 0 Å². The Balaban J connectivity index is 1.39. The van der Waals surface area contributed by atoms with Crippen molar-refractivity contribution in [3.8, 4) is 0 Å². The fourth-order valence-electron chi connectivity index (χ4n) is 3.89. The summed E-state index contributed by atoms with van der Waals surface area (Å²) in [6, 6.07) is 0.856. The predicted octanol–water partition coefficient (Wildman–Crippen LogP) is 2.34. The third-order valence-electron chi connectivity index (χ3n) is 5.82. The first-order valence-corrected chi connectivity index (χ1v) is 11.2. The molecule has 27 heavy (non-hydrogen) atoms. The van der Waals surface area contributed by atoms with Gasteiger partial charge in [0.1, 0.15) is 0 Å². The topological polar surface area (TPSA) is 49.3 Å². The zero-order valence-corrected chi connectivity index (χ0v) is 17.5. The Morgan fingerprint density at radius 2 is 1.89 bits per heavy atom. The second-order valence-corrected chi connectivity index (χ2v) is 8.31. The molecule has 1 heterocycles. The zero-order chi connectivity index (χ0) is 18.9. The normalized spacial score (nSPS) is 21.9. The molecule has 2 aliphatic carbocycles. The Morgan fingerprint density at radius 1 is 1.11 bits per heavy atom. The molecule has 3 rings (SSSR count). The van der Waals surface area contributed by atoms with E-state index in [1.807, 2.05) is 0 Å². The molecule has 1 N–H and O–H groups in total. The molecule has 0 aromatic heterocycles. The van der Waals surface area contributed by atoms with E-state index >= 15 is 0 Å². The van der Waals surface area contributed by atoms with Gasteiger partial charge >= 0.3 is 0 Å². The molecule has 156 valence electrons. The van der Waals surface area contributed by atoms with Crippen molar-refractivity contribution in [3.05, 3.63) is 0 Å². The average molecular weight is 381 g/mol. The lowest BCUT2D eigenvalue weighted by Crippen LogP contribution is -2.47. The minimum absolute atomic E-state index is 0.393. The van der Waals surface area contributed by atoms with Crippen molar-refractivity contribution >= 4 is 5.96 Å². The molecule has 0 aromatic rings. The van der Waals surface area contributed by atoms with E-state index in [0.29, 0.717) is 6.10 Å². The molecule has 0 aromatic carbocycles. The molecule has 3 aliphatic rings. The van der Waals surface area contributed by atoms with Gasteiger partial charge in [-0.25, -0.2) is 0 Å². The summed E-state index contributed by atoms with van der Waals surface area (Å²) in [6.45, 7) is 10.1. The maximum atomic E-state index is 5.99. The van der Waals surface area contributed by atoms with Crippen LogP contribution in [-0.2, 0) is 9.47 Å². The number of ether oxygens (including phenoxy) is 2. The molecular weight excluding hydrogens is 340 g/mol. The Morgan fingerprint density at radius 3 is 2.52 bits per heavy atom. The van der Waals surface area contributed by atoms with Crippen molar-refractivity contribution in [1.29, 1.82) is 0 Å². The molecule has 1 saturated heterocycles. The molecule has 2 saturated carbocycles. The van der Waals surface area contributed by atoms with Gasteiger partial charge < -0.3 is 19.7 Å². The molecule has 3 fully saturated rings. The van der Waals surface area contributed by atoms with Crippen LogP contribution in [0, 0.1) is 5.92 Å². The van der Waals surface area contributed by atoms with Crippen LogP contribution in [0.1, 0.15) is 51.9 Å². The Bertz CT molecular complexity index is 443. The van der Waals surface area contributed by atoms with Gasteiger partial charge in [-0.1, -0.05) is 0 Å². The number of methoxy groups -OCH3 is 1. The van der Waals surface area contributed by atoms with Crippen LogP contribution in [0.15, 0.2) is 4.99 Å². The van der Waals surface area contributed by atoms with Gasteiger partial charge in [-0.2, -0.15) is 0 Å². The van der Waals surface area contributed by atoms with Gasteiger partial charge in [-0.05, 0) is 57.8 Å². The summed E-state index contributed by atoms with van der Waals surface area (Å²) in [7, 11) is 1.75. The average Bonchev–Trinajstić information content (AvgIpc) is 3.58. The number of nitrogens with zero attached hydrogens (tertiary/aromatic N) is 3. The molecule has 0 amide bonds. The van der Waals surface area contributed by atoms with Crippen LogP contribution in [0.25, 0.3) is 0 Å². The molecule has 1 aliphatic heterocycles. The molecule has 6 nitrogen and oxygen atoms in total. The highest BCUT2D eigenvalue weighted by molar-refractivity contribution is 5.80. The first-order chi connectivity index (χ1) is 13.3. The summed E-state index contributed by atoms with van der Waals surface area (Å²) in [6.07, 6.45) is 9.24. The standard InChI is InChI=1S/C21H40N4O2/c1-3-22-21(23-11-14-25(19-7-8-19)17-18-5-6-18)24-12-9-20(10-13-24)27-16-4-15-26-2/h18-20H,3-17H2,1-2H3,(H,22,23). The van der Waals surface area contributed by atoms with E-state index in [2.05, 4.69) is 22.0 Å². The third-order valence-corrected chi connectivity index (χ3v) is 5.82. The summed E-state index contributed by atoms with van der Waals surface area (Å²) in [5.74, 6) is 2.07. The molecule has 0 spiro atoms. The van der Waals surface area contributed by atoms with Crippen LogP contribution >= 0.6 is 0 Å². The predicted molar refractivity (Wildman–Crippen MR) is 110 cm³/mol. The number of hydrogen-bond acceptors (Lipinski definition) is 4. The maximum absolute atomic E-state index is 5.99. The van der Waals surface area contributed by atoms with Gasteiger partial charge in [0.15, 0.2) is 5.96 Å². The van der Waals surface area contributed by atoms with Crippen LogP contribution < -0.4 is 5.32 Å². The molecule has 6 heteroatoms. The van der Waals surface area contributed by atoms with Crippen LogP contribution in [0.4, 0.5) is 0 Å². The molecular formula is C21H40N4O2. The summed E-state index contributed by atoms with van der Waals surface area (Å²) in [4.78, 5) is 10.1. The largest absolute Gasteiger partial charge is 0.385 e. The monoisotopic (exact) mass is 380 g/mol. The highest BCUT2D eigenvalue weighted by atomic mass is 16.5. The molecule has 0 atom stereocenters. The number of guanidine groups is 1. The fraction of sp³-hybridized carbons (Fsp3) is 0.952. The number of nitrogens with one attached hydrogen (secondary N) is 1. The van der Waals surface area contributed by atoms with Crippen molar-refractivity contribution < 1.29 is 9.47 Å². The van der Waals surface area contributed by atoms with Crippen LogP contribution in [0.3, 0.4) is 0 Å². The first-order valence-electron chi connectivity index (χ1n) is 11.2. The van der Waals surface area contributed by atoms with Crippen molar-refractivity contribution in [2.45, 2.75) is 64.0 Å². The minimum Gasteiger partial charge on any atom is -0.385 e. The fourth-order valence-corrected chi connectivity index (χ4v) is 3.89. The van der Waals surface area contributed by atoms with Crippen LogP contribution in [0.2, 0.25) is 0 Å². The maximum Gasteiger partial charge on any atom is 0.193 e. The van der Waals surface area contributed by atoms with Crippen LogP contribution in [-0.4, -0.2) is 87.5 Å². The number of likely N-dealkylation sites (tertiary alicyclic amines) is 1. The Kier molecular flexibility index (Phi) is 8.68. The minimum atomic E-state index is 0.393. The van der Waals surface area contributed by atoms with E-state index in [1.54, 1.807) is 7.11 Å². The van der Waals surface area contributed by atoms with E-state index in [4.69, 9.17) is 14.5 Å². The zero-order valence-electron chi connectivity index (χ0n) is 17.5. The second kappa shape index (κ2) is 11.2. The smallest absolute Gasteiger partial charge is 0.193 e. The van der Waals surface area contributed by atoms with E-state index in [1.165, 1.54) is 32.2 Å². The number of piperidine rings is 1. The van der Waals surface area contributed by atoms with E-state index in [0.717, 1.165) is 83.1 Å². The van der Waals surface area contributed by atoms with Gasteiger partial charge in [0.25, 0.3) is 0 Å². The number of aliphatic imine (C=N–C) groups is 1. The van der Waals surface area contributed by atoms with E-state index in [-0.39, 0.29) is 0 Å². The van der Waals surface area contributed by atoms with E-state index in [9.17, 15) is 0 Å².